The minimum absolute atomic E-state index is 0.718. The number of nitrogens with zero attached hydrogens (tertiary/aromatic N) is 4. The van der Waals surface area contributed by atoms with Gasteiger partial charge in [0, 0.05) is 38.9 Å². The molecule has 1 aromatic carbocycles. The van der Waals surface area contributed by atoms with Gasteiger partial charge in [-0.15, -0.1) is 0 Å². The van der Waals surface area contributed by atoms with E-state index in [-0.39, 0.29) is 0 Å². The predicted molar refractivity (Wildman–Crippen MR) is 104 cm³/mol. The summed E-state index contributed by atoms with van der Waals surface area (Å²) in [5.74, 6) is 2.07. The molecule has 0 radical (unpaired) electrons. The van der Waals surface area contributed by atoms with Crippen molar-refractivity contribution in [3.63, 3.8) is 0 Å². The fourth-order valence-electron chi connectivity index (χ4n) is 3.06. The maximum atomic E-state index is 4.86. The molecule has 3 rings (SSSR count). The van der Waals surface area contributed by atoms with Crippen LogP contribution in [0.2, 0.25) is 0 Å². The molecule has 0 atom stereocenters. The summed E-state index contributed by atoms with van der Waals surface area (Å²) in [5, 5.41) is 3.44. The number of nitrogens with one attached hydrogen (secondary N) is 1. The zero-order valence-electron chi connectivity index (χ0n) is 15.2. The third-order valence-corrected chi connectivity index (χ3v) is 4.55. The molecule has 2 aromatic rings. The van der Waals surface area contributed by atoms with Crippen molar-refractivity contribution >= 4 is 11.8 Å². The van der Waals surface area contributed by atoms with Gasteiger partial charge in [0.1, 0.15) is 5.82 Å². The summed E-state index contributed by atoms with van der Waals surface area (Å²) < 4.78 is 0. The molecule has 1 fully saturated rings. The summed E-state index contributed by atoms with van der Waals surface area (Å²) >= 11 is 0. The first-order chi connectivity index (χ1) is 12.3. The molecule has 1 aliphatic heterocycles. The molecule has 0 aliphatic carbocycles. The highest BCUT2D eigenvalue weighted by Crippen LogP contribution is 2.13. The molecule has 1 N–H and O–H groups in total. The molecule has 1 aliphatic rings. The molecule has 0 amide bonds. The van der Waals surface area contributed by atoms with Gasteiger partial charge < -0.3 is 15.1 Å². The van der Waals surface area contributed by atoms with Crippen LogP contribution in [0.5, 0.6) is 0 Å². The van der Waals surface area contributed by atoms with Crippen molar-refractivity contribution in [2.24, 2.45) is 4.99 Å². The molecule has 5 nitrogen and oxygen atoms in total. The molecule has 5 heteroatoms. The van der Waals surface area contributed by atoms with Crippen LogP contribution in [0.25, 0.3) is 0 Å². The number of hydrogen-bond donors (Lipinski definition) is 1. The van der Waals surface area contributed by atoms with Crippen LogP contribution in [-0.4, -0.2) is 48.6 Å². The zero-order valence-corrected chi connectivity index (χ0v) is 15.2. The number of rotatable bonds is 4. The lowest BCUT2D eigenvalue weighted by atomic mass is 10.1. The van der Waals surface area contributed by atoms with E-state index in [0.29, 0.717) is 0 Å². The van der Waals surface area contributed by atoms with Gasteiger partial charge in [0.05, 0.1) is 6.54 Å². The van der Waals surface area contributed by atoms with Gasteiger partial charge in [0.2, 0.25) is 0 Å². The summed E-state index contributed by atoms with van der Waals surface area (Å²) in [6.45, 7) is 9.70. The van der Waals surface area contributed by atoms with Gasteiger partial charge in [-0.3, -0.25) is 0 Å². The monoisotopic (exact) mass is 337 g/mol. The highest BCUT2D eigenvalue weighted by Gasteiger charge is 2.20. The van der Waals surface area contributed by atoms with E-state index in [1.165, 1.54) is 11.1 Å². The Morgan fingerprint density at radius 1 is 1.08 bits per heavy atom. The number of aryl methyl sites for hydroxylation is 1. The van der Waals surface area contributed by atoms with Crippen molar-refractivity contribution in [3.05, 3.63) is 59.8 Å². The Labute approximate surface area is 150 Å². The Morgan fingerprint density at radius 2 is 1.84 bits per heavy atom. The van der Waals surface area contributed by atoms with Gasteiger partial charge in [-0.2, -0.15) is 0 Å². The number of piperazine rings is 1. The van der Waals surface area contributed by atoms with Gasteiger partial charge in [-0.05, 0) is 37.1 Å². The second-order valence-electron chi connectivity index (χ2n) is 6.26. The van der Waals surface area contributed by atoms with Crippen molar-refractivity contribution in [1.82, 2.24) is 15.2 Å². The van der Waals surface area contributed by atoms with Gasteiger partial charge in [-0.1, -0.05) is 30.3 Å². The van der Waals surface area contributed by atoms with E-state index in [2.05, 4.69) is 64.3 Å². The third kappa shape index (κ3) is 4.50. The standard InChI is InChI=1S/C20H27N5/c1-3-21-20(23-16-18-9-5-4-8-17(18)2)25-14-12-24(13-15-25)19-10-6-7-11-22-19/h4-11H,3,12-16H2,1-2H3,(H,21,23). The molecule has 0 spiro atoms. The van der Waals surface area contributed by atoms with Crippen LogP contribution in [0, 0.1) is 6.92 Å². The summed E-state index contributed by atoms with van der Waals surface area (Å²) in [6, 6.07) is 14.5. The quantitative estimate of drug-likeness (QED) is 0.688. The Hall–Kier alpha value is -2.56. The first-order valence-electron chi connectivity index (χ1n) is 9.01. The SMILES string of the molecule is CCNC(=NCc1ccccc1C)N1CCN(c2ccccn2)CC1. The van der Waals surface area contributed by atoms with E-state index in [1.807, 2.05) is 18.3 Å². The van der Waals surface area contributed by atoms with E-state index in [0.717, 1.165) is 51.0 Å². The number of hydrogen-bond acceptors (Lipinski definition) is 3. The Bertz CT molecular complexity index is 690. The molecule has 2 heterocycles. The van der Waals surface area contributed by atoms with E-state index >= 15 is 0 Å². The molecular weight excluding hydrogens is 310 g/mol. The highest BCUT2D eigenvalue weighted by molar-refractivity contribution is 5.80. The number of anilines is 1. The van der Waals surface area contributed by atoms with E-state index in [4.69, 9.17) is 4.99 Å². The van der Waals surface area contributed by atoms with Crippen molar-refractivity contribution in [1.29, 1.82) is 0 Å². The molecule has 1 aromatic heterocycles. The van der Waals surface area contributed by atoms with Crippen LogP contribution in [0.15, 0.2) is 53.7 Å². The third-order valence-electron chi connectivity index (χ3n) is 4.55. The van der Waals surface area contributed by atoms with Crippen molar-refractivity contribution in [2.75, 3.05) is 37.6 Å². The summed E-state index contributed by atoms with van der Waals surface area (Å²) in [6.07, 6.45) is 1.86. The minimum atomic E-state index is 0.718. The first kappa shape index (κ1) is 17.3. The lowest BCUT2D eigenvalue weighted by Crippen LogP contribution is -2.52. The van der Waals surface area contributed by atoms with E-state index in [9.17, 15) is 0 Å². The highest BCUT2D eigenvalue weighted by atomic mass is 15.4. The lowest BCUT2D eigenvalue weighted by Gasteiger charge is -2.37. The molecular formula is C20H27N5. The van der Waals surface area contributed by atoms with Crippen molar-refractivity contribution in [3.8, 4) is 0 Å². The van der Waals surface area contributed by atoms with Crippen LogP contribution in [-0.2, 0) is 6.54 Å². The lowest BCUT2D eigenvalue weighted by molar-refractivity contribution is 0.371. The van der Waals surface area contributed by atoms with Gasteiger partial charge in [-0.25, -0.2) is 9.98 Å². The maximum absolute atomic E-state index is 4.86. The molecule has 1 saturated heterocycles. The second kappa shape index (κ2) is 8.51. The van der Waals surface area contributed by atoms with Crippen LogP contribution in [0.1, 0.15) is 18.1 Å². The van der Waals surface area contributed by atoms with Crippen molar-refractivity contribution < 1.29 is 0 Å². The molecule has 0 saturated carbocycles. The summed E-state index contributed by atoms with van der Waals surface area (Å²) in [4.78, 5) is 14.0. The fourth-order valence-corrected chi connectivity index (χ4v) is 3.06. The zero-order chi connectivity index (χ0) is 17.5. The number of aromatic nitrogens is 1. The van der Waals surface area contributed by atoms with Gasteiger partial charge in [0.15, 0.2) is 5.96 Å². The number of aliphatic imine (C=N–C) groups is 1. The minimum Gasteiger partial charge on any atom is -0.357 e. The molecule has 0 unspecified atom stereocenters. The van der Waals surface area contributed by atoms with Crippen LogP contribution < -0.4 is 10.2 Å². The summed E-state index contributed by atoms with van der Waals surface area (Å²) in [7, 11) is 0. The van der Waals surface area contributed by atoms with Crippen LogP contribution in [0.4, 0.5) is 5.82 Å². The molecule has 0 bridgehead atoms. The summed E-state index contributed by atoms with van der Waals surface area (Å²) in [5.41, 5.74) is 2.58. The number of pyridine rings is 1. The van der Waals surface area contributed by atoms with E-state index < -0.39 is 0 Å². The molecule has 132 valence electrons. The predicted octanol–water partition coefficient (Wildman–Crippen LogP) is 2.68. The van der Waals surface area contributed by atoms with Crippen LogP contribution in [0.3, 0.4) is 0 Å². The Balaban J connectivity index is 1.64. The van der Waals surface area contributed by atoms with E-state index in [1.54, 1.807) is 0 Å². The number of benzene rings is 1. The largest absolute Gasteiger partial charge is 0.357 e. The second-order valence-corrected chi connectivity index (χ2v) is 6.26. The topological polar surface area (TPSA) is 43.8 Å². The average Bonchev–Trinajstić information content (AvgIpc) is 2.67. The average molecular weight is 337 g/mol. The number of guanidine groups is 1. The normalized spacial score (nSPS) is 15.4. The molecule has 25 heavy (non-hydrogen) atoms. The van der Waals surface area contributed by atoms with Crippen molar-refractivity contribution in [2.45, 2.75) is 20.4 Å². The smallest absolute Gasteiger partial charge is 0.194 e. The van der Waals surface area contributed by atoms with Gasteiger partial charge in [0.25, 0.3) is 0 Å². The Kier molecular flexibility index (Phi) is 5.88. The first-order valence-corrected chi connectivity index (χ1v) is 9.01. The van der Waals surface area contributed by atoms with Crippen LogP contribution >= 0.6 is 0 Å². The maximum Gasteiger partial charge on any atom is 0.194 e. The van der Waals surface area contributed by atoms with Gasteiger partial charge >= 0.3 is 0 Å². The Morgan fingerprint density at radius 3 is 2.52 bits per heavy atom. The fraction of sp³-hybridized carbons (Fsp3) is 0.400.